The molecule has 2 aromatic carbocycles. The topological polar surface area (TPSA) is 41.1 Å². The largest absolute Gasteiger partial charge is 0.373 e. The van der Waals surface area contributed by atoms with Crippen LogP contribution in [-0.2, 0) is 11.2 Å². The van der Waals surface area contributed by atoms with Crippen molar-refractivity contribution in [3.63, 3.8) is 0 Å². The summed E-state index contributed by atoms with van der Waals surface area (Å²) in [6, 6.07) is 12.1. The van der Waals surface area contributed by atoms with Gasteiger partial charge in [-0.15, -0.1) is 0 Å². The number of nitrogens with one attached hydrogen (secondary N) is 2. The first kappa shape index (κ1) is 13.7. The van der Waals surface area contributed by atoms with Crippen LogP contribution in [0.2, 0.25) is 0 Å². The van der Waals surface area contributed by atoms with Crippen LogP contribution in [0.3, 0.4) is 0 Å². The third-order valence-electron chi connectivity index (χ3n) is 4.01. The molecular weight excluding hydrogens is 260 g/mol. The van der Waals surface area contributed by atoms with Gasteiger partial charge in [0.15, 0.2) is 0 Å². The number of amides is 1. The van der Waals surface area contributed by atoms with Crippen LogP contribution >= 0.6 is 0 Å². The molecule has 0 radical (unpaired) electrons. The molecule has 3 heteroatoms. The maximum absolute atomic E-state index is 12.5. The maximum Gasteiger partial charge on any atom is 0.247 e. The quantitative estimate of drug-likeness (QED) is 0.882. The predicted molar refractivity (Wildman–Crippen MR) is 86.8 cm³/mol. The van der Waals surface area contributed by atoms with Crippen molar-refractivity contribution >= 4 is 17.3 Å². The average Bonchev–Trinajstić information content (AvgIpc) is 2.86. The number of aryl methyl sites for hydroxylation is 3. The fraction of sp³-hybridized carbons (Fsp3) is 0.278. The summed E-state index contributed by atoms with van der Waals surface area (Å²) >= 11 is 0. The molecule has 0 fully saturated rings. The molecule has 1 amide bonds. The fourth-order valence-electron chi connectivity index (χ4n) is 3.04. The van der Waals surface area contributed by atoms with Gasteiger partial charge in [-0.05, 0) is 43.5 Å². The van der Waals surface area contributed by atoms with Crippen molar-refractivity contribution in [3.8, 4) is 0 Å². The summed E-state index contributed by atoms with van der Waals surface area (Å²) in [5.74, 6) is 0.0289. The van der Waals surface area contributed by atoms with Gasteiger partial charge in [0.2, 0.25) is 5.91 Å². The molecule has 0 aromatic heterocycles. The summed E-state index contributed by atoms with van der Waals surface area (Å²) in [5.41, 5.74) is 6.63. The molecule has 3 rings (SSSR count). The highest BCUT2D eigenvalue weighted by Gasteiger charge is 2.26. The number of anilines is 2. The van der Waals surface area contributed by atoms with Gasteiger partial charge in [-0.3, -0.25) is 4.79 Å². The lowest BCUT2D eigenvalue weighted by Gasteiger charge is -2.16. The summed E-state index contributed by atoms with van der Waals surface area (Å²) in [7, 11) is 0. The van der Waals surface area contributed by atoms with Crippen LogP contribution in [-0.4, -0.2) is 11.9 Å². The van der Waals surface area contributed by atoms with Crippen LogP contribution in [0.5, 0.6) is 0 Å². The number of rotatable bonds is 2. The Morgan fingerprint density at radius 3 is 2.48 bits per heavy atom. The molecule has 1 atom stereocenters. The molecule has 1 aliphatic rings. The normalized spacial score (nSPS) is 16.2. The van der Waals surface area contributed by atoms with Crippen LogP contribution in [0.1, 0.15) is 22.3 Å². The van der Waals surface area contributed by atoms with Crippen molar-refractivity contribution in [1.29, 1.82) is 0 Å². The number of carbonyl (C=O) groups excluding carboxylic acids is 1. The van der Waals surface area contributed by atoms with E-state index in [0.717, 1.165) is 28.9 Å². The standard InChI is InChI=1S/C18H20N2O/c1-11-8-12(2)17(13(3)9-11)20-18(21)16-10-14-6-4-5-7-15(14)19-16/h4-9,16,19H,10H2,1-3H3,(H,20,21). The van der Waals surface area contributed by atoms with Crippen LogP contribution < -0.4 is 10.6 Å². The Kier molecular flexibility index (Phi) is 3.42. The zero-order chi connectivity index (χ0) is 15.0. The first-order valence-corrected chi connectivity index (χ1v) is 7.28. The molecular formula is C18H20N2O. The van der Waals surface area contributed by atoms with Gasteiger partial charge in [-0.2, -0.15) is 0 Å². The molecule has 108 valence electrons. The number of para-hydroxylation sites is 1. The van der Waals surface area contributed by atoms with Crippen molar-refractivity contribution in [3.05, 3.63) is 58.7 Å². The number of fused-ring (bicyclic) bond motifs is 1. The van der Waals surface area contributed by atoms with E-state index in [2.05, 4.69) is 35.8 Å². The van der Waals surface area contributed by atoms with E-state index in [4.69, 9.17) is 0 Å². The lowest BCUT2D eigenvalue weighted by atomic mass is 10.0. The van der Waals surface area contributed by atoms with Crippen molar-refractivity contribution in [1.82, 2.24) is 0 Å². The van der Waals surface area contributed by atoms with Gasteiger partial charge in [-0.25, -0.2) is 0 Å². The number of hydrogen-bond donors (Lipinski definition) is 2. The van der Waals surface area contributed by atoms with Crippen LogP contribution in [0.15, 0.2) is 36.4 Å². The van der Waals surface area contributed by atoms with Gasteiger partial charge >= 0.3 is 0 Å². The Bertz CT molecular complexity index is 658. The molecule has 0 saturated carbocycles. The van der Waals surface area contributed by atoms with Gasteiger partial charge < -0.3 is 10.6 Å². The monoisotopic (exact) mass is 280 g/mol. The van der Waals surface area contributed by atoms with Crippen molar-refractivity contribution < 1.29 is 4.79 Å². The zero-order valence-corrected chi connectivity index (χ0v) is 12.7. The number of hydrogen-bond acceptors (Lipinski definition) is 2. The van der Waals surface area contributed by atoms with E-state index in [1.807, 2.05) is 32.0 Å². The Balaban J connectivity index is 1.77. The molecule has 2 aromatic rings. The second-order valence-corrected chi connectivity index (χ2v) is 5.82. The highest BCUT2D eigenvalue weighted by atomic mass is 16.2. The molecule has 21 heavy (non-hydrogen) atoms. The SMILES string of the molecule is Cc1cc(C)c(NC(=O)C2Cc3ccccc3N2)c(C)c1. The molecule has 3 nitrogen and oxygen atoms in total. The third kappa shape index (κ3) is 2.64. The highest BCUT2D eigenvalue weighted by Crippen LogP contribution is 2.27. The van der Waals surface area contributed by atoms with Gasteiger partial charge in [0.25, 0.3) is 0 Å². The van der Waals surface area contributed by atoms with Gasteiger partial charge in [0.1, 0.15) is 6.04 Å². The summed E-state index contributed by atoms with van der Waals surface area (Å²) in [4.78, 5) is 12.5. The first-order chi connectivity index (χ1) is 10.0. The molecule has 1 unspecified atom stereocenters. The first-order valence-electron chi connectivity index (χ1n) is 7.28. The highest BCUT2D eigenvalue weighted by molar-refractivity contribution is 5.99. The second kappa shape index (κ2) is 5.24. The Labute approximate surface area is 125 Å². The molecule has 1 heterocycles. The van der Waals surface area contributed by atoms with E-state index in [1.165, 1.54) is 11.1 Å². The Hall–Kier alpha value is -2.29. The van der Waals surface area contributed by atoms with E-state index in [-0.39, 0.29) is 11.9 Å². The Morgan fingerprint density at radius 1 is 1.14 bits per heavy atom. The Morgan fingerprint density at radius 2 is 1.81 bits per heavy atom. The summed E-state index contributed by atoms with van der Waals surface area (Å²) in [6.07, 6.45) is 0.742. The van der Waals surface area contributed by atoms with Crippen LogP contribution in [0.25, 0.3) is 0 Å². The van der Waals surface area contributed by atoms with Crippen molar-refractivity contribution in [2.75, 3.05) is 10.6 Å². The zero-order valence-electron chi connectivity index (χ0n) is 12.7. The molecule has 0 aliphatic carbocycles. The molecule has 0 saturated heterocycles. The lowest BCUT2D eigenvalue weighted by molar-refractivity contribution is -0.116. The van der Waals surface area contributed by atoms with Gasteiger partial charge in [0, 0.05) is 17.8 Å². The summed E-state index contributed by atoms with van der Waals surface area (Å²) < 4.78 is 0. The van der Waals surface area contributed by atoms with E-state index in [0.29, 0.717) is 0 Å². The van der Waals surface area contributed by atoms with Crippen LogP contribution in [0.4, 0.5) is 11.4 Å². The minimum absolute atomic E-state index is 0.0289. The van der Waals surface area contributed by atoms with E-state index < -0.39 is 0 Å². The fourth-order valence-corrected chi connectivity index (χ4v) is 3.04. The van der Waals surface area contributed by atoms with E-state index in [9.17, 15) is 4.79 Å². The minimum Gasteiger partial charge on any atom is -0.373 e. The van der Waals surface area contributed by atoms with E-state index in [1.54, 1.807) is 0 Å². The second-order valence-electron chi connectivity index (χ2n) is 5.82. The summed E-state index contributed by atoms with van der Waals surface area (Å²) in [5, 5.41) is 6.37. The molecule has 2 N–H and O–H groups in total. The van der Waals surface area contributed by atoms with Crippen LogP contribution in [0, 0.1) is 20.8 Å². The molecule has 0 spiro atoms. The van der Waals surface area contributed by atoms with Gasteiger partial charge in [-0.1, -0.05) is 35.9 Å². The average molecular weight is 280 g/mol. The number of carbonyl (C=O) groups is 1. The summed E-state index contributed by atoms with van der Waals surface area (Å²) in [6.45, 7) is 6.14. The maximum atomic E-state index is 12.5. The third-order valence-corrected chi connectivity index (χ3v) is 4.01. The lowest BCUT2D eigenvalue weighted by Crippen LogP contribution is -2.33. The van der Waals surface area contributed by atoms with E-state index >= 15 is 0 Å². The molecule has 1 aliphatic heterocycles. The predicted octanol–water partition coefficient (Wildman–Crippen LogP) is 3.59. The number of benzene rings is 2. The van der Waals surface area contributed by atoms with Gasteiger partial charge in [0.05, 0.1) is 0 Å². The van der Waals surface area contributed by atoms with Crippen molar-refractivity contribution in [2.24, 2.45) is 0 Å². The van der Waals surface area contributed by atoms with Crippen molar-refractivity contribution in [2.45, 2.75) is 33.2 Å². The minimum atomic E-state index is -0.192. The molecule has 0 bridgehead atoms. The smallest absolute Gasteiger partial charge is 0.247 e.